The lowest BCUT2D eigenvalue weighted by Gasteiger charge is -2.09. The summed E-state index contributed by atoms with van der Waals surface area (Å²) < 4.78 is 13.1. The molecule has 1 rings (SSSR count). The molecule has 0 bridgehead atoms. The summed E-state index contributed by atoms with van der Waals surface area (Å²) in [6.07, 6.45) is 0. The summed E-state index contributed by atoms with van der Waals surface area (Å²) in [6, 6.07) is 0. The van der Waals surface area contributed by atoms with E-state index in [1.165, 1.54) is 0 Å². The van der Waals surface area contributed by atoms with Gasteiger partial charge in [-0.3, -0.25) is 4.79 Å². The van der Waals surface area contributed by atoms with E-state index in [1.807, 2.05) is 0 Å². The van der Waals surface area contributed by atoms with E-state index in [-0.39, 0.29) is 4.60 Å². The zero-order chi connectivity index (χ0) is 12.5. The van der Waals surface area contributed by atoms with E-state index < -0.39 is 34.1 Å². The first-order chi connectivity index (χ1) is 7.34. The predicted octanol–water partition coefficient (Wildman–Crippen LogP) is 2.29. The normalized spacial score (nSPS) is 10.0. The molecule has 0 fully saturated rings. The third-order valence-electron chi connectivity index (χ3n) is 1.54. The van der Waals surface area contributed by atoms with Crippen molar-refractivity contribution in [2.24, 2.45) is 0 Å². The summed E-state index contributed by atoms with van der Waals surface area (Å²) in [4.78, 5) is 24.9. The number of hydrogen-bond donors (Lipinski definition) is 2. The SMILES string of the molecule is CC(=O)Nc1c(F)c(Br)nc(C(=O)O)c1Cl. The molecule has 5 nitrogen and oxygen atoms in total. The monoisotopic (exact) mass is 310 g/mol. The zero-order valence-electron chi connectivity index (χ0n) is 7.84. The molecule has 0 atom stereocenters. The Morgan fingerprint density at radius 2 is 2.12 bits per heavy atom. The summed E-state index contributed by atoms with van der Waals surface area (Å²) in [5.41, 5.74) is -0.952. The van der Waals surface area contributed by atoms with Crippen LogP contribution in [-0.4, -0.2) is 22.0 Å². The first-order valence-corrected chi connectivity index (χ1v) is 5.07. The number of halogens is 3. The van der Waals surface area contributed by atoms with Gasteiger partial charge in [-0.15, -0.1) is 0 Å². The molecule has 1 heterocycles. The smallest absolute Gasteiger partial charge is 0.356 e. The standard InChI is InChI=1S/C8H5BrClFN2O3/c1-2(14)12-5-3(10)6(8(15)16)13-7(9)4(5)11/h1H3,(H,15,16)(H,12,13,14). The Hall–Kier alpha value is -1.21. The Morgan fingerprint density at radius 3 is 2.56 bits per heavy atom. The molecular formula is C8H5BrClFN2O3. The van der Waals surface area contributed by atoms with Gasteiger partial charge in [0.25, 0.3) is 0 Å². The van der Waals surface area contributed by atoms with Crippen molar-refractivity contribution >= 4 is 45.1 Å². The molecule has 2 N–H and O–H groups in total. The van der Waals surface area contributed by atoms with Crippen LogP contribution in [0.2, 0.25) is 5.02 Å². The maximum Gasteiger partial charge on any atom is 0.356 e. The number of nitrogens with one attached hydrogen (secondary N) is 1. The zero-order valence-corrected chi connectivity index (χ0v) is 10.2. The fraction of sp³-hybridized carbons (Fsp3) is 0.125. The first kappa shape index (κ1) is 12.9. The van der Waals surface area contributed by atoms with Crippen molar-refractivity contribution in [2.75, 3.05) is 5.32 Å². The minimum absolute atomic E-state index is 0.335. The highest BCUT2D eigenvalue weighted by atomic mass is 79.9. The minimum atomic E-state index is -1.42. The molecule has 0 spiro atoms. The van der Waals surface area contributed by atoms with Crippen LogP contribution in [0.5, 0.6) is 0 Å². The number of carbonyl (C=O) groups excluding carboxylic acids is 1. The number of amides is 1. The second kappa shape index (κ2) is 4.75. The van der Waals surface area contributed by atoms with Crippen molar-refractivity contribution in [1.82, 2.24) is 4.98 Å². The molecule has 0 saturated heterocycles. The molecule has 1 aromatic heterocycles. The van der Waals surface area contributed by atoms with Crippen LogP contribution in [0.3, 0.4) is 0 Å². The van der Waals surface area contributed by atoms with E-state index in [4.69, 9.17) is 16.7 Å². The predicted molar refractivity (Wildman–Crippen MR) is 58.2 cm³/mol. The van der Waals surface area contributed by atoms with Crippen LogP contribution in [0.25, 0.3) is 0 Å². The van der Waals surface area contributed by atoms with Crippen molar-refractivity contribution in [1.29, 1.82) is 0 Å². The quantitative estimate of drug-likeness (QED) is 0.821. The van der Waals surface area contributed by atoms with E-state index in [9.17, 15) is 14.0 Å². The van der Waals surface area contributed by atoms with Gasteiger partial charge in [-0.1, -0.05) is 11.6 Å². The van der Waals surface area contributed by atoms with E-state index >= 15 is 0 Å². The van der Waals surface area contributed by atoms with Crippen molar-refractivity contribution in [3.8, 4) is 0 Å². The number of rotatable bonds is 2. The Kier molecular flexibility index (Phi) is 3.82. The molecule has 1 aromatic rings. The average Bonchev–Trinajstić information content (AvgIpc) is 2.17. The van der Waals surface area contributed by atoms with Gasteiger partial charge in [-0.25, -0.2) is 14.2 Å². The third-order valence-corrected chi connectivity index (χ3v) is 2.43. The van der Waals surface area contributed by atoms with E-state index in [0.717, 1.165) is 6.92 Å². The van der Waals surface area contributed by atoms with Crippen LogP contribution in [-0.2, 0) is 4.79 Å². The second-order valence-electron chi connectivity index (χ2n) is 2.74. The van der Waals surface area contributed by atoms with Crippen LogP contribution in [0.1, 0.15) is 17.4 Å². The number of hydrogen-bond acceptors (Lipinski definition) is 3. The number of aromatic nitrogens is 1. The molecule has 0 saturated carbocycles. The number of nitrogens with zero attached hydrogens (tertiary/aromatic N) is 1. The molecular weight excluding hydrogens is 306 g/mol. The summed E-state index contributed by atoms with van der Waals surface area (Å²) in [5.74, 6) is -2.92. The van der Waals surface area contributed by atoms with Gasteiger partial charge in [0.05, 0.1) is 0 Å². The van der Waals surface area contributed by atoms with E-state index in [2.05, 4.69) is 26.2 Å². The van der Waals surface area contributed by atoms with Gasteiger partial charge in [0.2, 0.25) is 5.91 Å². The van der Waals surface area contributed by atoms with E-state index in [1.54, 1.807) is 0 Å². The molecule has 0 radical (unpaired) electrons. The van der Waals surface area contributed by atoms with Crippen LogP contribution in [0.4, 0.5) is 10.1 Å². The van der Waals surface area contributed by atoms with Gasteiger partial charge < -0.3 is 10.4 Å². The van der Waals surface area contributed by atoms with Crippen LogP contribution < -0.4 is 5.32 Å². The number of carboxylic acid groups (broad SMARTS) is 1. The lowest BCUT2D eigenvalue weighted by molar-refractivity contribution is -0.114. The lowest BCUT2D eigenvalue weighted by Crippen LogP contribution is -2.12. The first-order valence-electron chi connectivity index (χ1n) is 3.90. The largest absolute Gasteiger partial charge is 0.476 e. The van der Waals surface area contributed by atoms with Crippen molar-refractivity contribution in [3.05, 3.63) is 21.1 Å². The fourth-order valence-corrected chi connectivity index (χ4v) is 1.57. The maximum absolute atomic E-state index is 13.5. The summed E-state index contributed by atoms with van der Waals surface area (Å²) in [7, 11) is 0. The Labute approximate surface area is 103 Å². The van der Waals surface area contributed by atoms with Crippen molar-refractivity contribution in [3.63, 3.8) is 0 Å². The van der Waals surface area contributed by atoms with Crippen molar-refractivity contribution < 1.29 is 19.1 Å². The van der Waals surface area contributed by atoms with Gasteiger partial charge in [0.1, 0.15) is 15.3 Å². The number of carboxylic acids is 1. The molecule has 86 valence electrons. The number of aromatic carboxylic acids is 1. The highest BCUT2D eigenvalue weighted by molar-refractivity contribution is 9.10. The van der Waals surface area contributed by atoms with Gasteiger partial charge in [-0.05, 0) is 15.9 Å². The van der Waals surface area contributed by atoms with Gasteiger partial charge in [0.15, 0.2) is 11.5 Å². The van der Waals surface area contributed by atoms with Crippen LogP contribution in [0, 0.1) is 5.82 Å². The molecule has 0 aliphatic heterocycles. The summed E-state index contributed by atoms with van der Waals surface area (Å²) in [6.45, 7) is 1.14. The molecule has 0 aliphatic carbocycles. The van der Waals surface area contributed by atoms with E-state index in [0.29, 0.717) is 0 Å². The number of pyridine rings is 1. The molecule has 1 amide bonds. The number of anilines is 1. The molecule has 0 unspecified atom stereocenters. The summed E-state index contributed by atoms with van der Waals surface area (Å²) in [5, 5.41) is 10.4. The van der Waals surface area contributed by atoms with Crippen molar-refractivity contribution in [2.45, 2.75) is 6.92 Å². The Morgan fingerprint density at radius 1 is 1.56 bits per heavy atom. The average molecular weight is 311 g/mol. The van der Waals surface area contributed by atoms with Crippen LogP contribution in [0.15, 0.2) is 4.60 Å². The Bertz CT molecular complexity index is 481. The summed E-state index contributed by atoms with van der Waals surface area (Å²) >= 11 is 8.34. The Balaban J connectivity index is 3.45. The van der Waals surface area contributed by atoms with Crippen LogP contribution >= 0.6 is 27.5 Å². The fourth-order valence-electron chi connectivity index (χ4n) is 0.942. The number of carbonyl (C=O) groups is 2. The van der Waals surface area contributed by atoms with Gasteiger partial charge in [-0.2, -0.15) is 0 Å². The third kappa shape index (κ3) is 2.48. The molecule has 0 aromatic carbocycles. The minimum Gasteiger partial charge on any atom is -0.476 e. The second-order valence-corrected chi connectivity index (χ2v) is 3.87. The molecule has 0 aliphatic rings. The van der Waals surface area contributed by atoms with Gasteiger partial charge >= 0.3 is 5.97 Å². The maximum atomic E-state index is 13.5. The molecule has 16 heavy (non-hydrogen) atoms. The lowest BCUT2D eigenvalue weighted by atomic mass is 10.3. The highest BCUT2D eigenvalue weighted by Gasteiger charge is 2.22. The molecule has 8 heteroatoms. The van der Waals surface area contributed by atoms with Gasteiger partial charge in [0, 0.05) is 6.92 Å². The topological polar surface area (TPSA) is 79.3 Å². The highest BCUT2D eigenvalue weighted by Crippen LogP contribution is 2.31.